The van der Waals surface area contributed by atoms with Gasteiger partial charge in [0.25, 0.3) is 0 Å². The summed E-state index contributed by atoms with van der Waals surface area (Å²) in [6.07, 6.45) is 0. The molecule has 0 fully saturated rings. The molecule has 0 bridgehead atoms. The molecule has 0 unspecified atom stereocenters. The Bertz CT molecular complexity index is 1040. The molecule has 1 aromatic carbocycles. The Morgan fingerprint density at radius 1 is 1.21 bits per heavy atom. The molecule has 0 spiro atoms. The highest BCUT2D eigenvalue weighted by Crippen LogP contribution is 2.23. The van der Waals surface area contributed by atoms with E-state index in [4.69, 9.17) is 0 Å². The van der Waals surface area contributed by atoms with Gasteiger partial charge in [-0.1, -0.05) is 31.7 Å². The van der Waals surface area contributed by atoms with Crippen molar-refractivity contribution in [3.63, 3.8) is 0 Å². The van der Waals surface area contributed by atoms with E-state index >= 15 is 0 Å². The third kappa shape index (κ3) is 5.24. The fraction of sp³-hybridized carbons (Fsp3) is 0.278. The molecule has 8 nitrogen and oxygen atoms in total. The standard InChI is InChI=1S/C18H21N5O3S3/c1-3-23(4-2)29(25,26)14-9-7-13(8-10-14)19-16(24)12-28-18-20-17(21-22-18)15-6-5-11-27-15/h5-11H,3-4,12H2,1-2H3,(H,19,24)(H,20,21,22). The highest BCUT2D eigenvalue weighted by atomic mass is 32.2. The Morgan fingerprint density at radius 3 is 2.55 bits per heavy atom. The van der Waals surface area contributed by atoms with Crippen LogP contribution >= 0.6 is 23.1 Å². The Morgan fingerprint density at radius 2 is 1.93 bits per heavy atom. The molecular weight excluding hydrogens is 430 g/mol. The normalized spacial score (nSPS) is 11.7. The number of nitrogens with one attached hydrogen (secondary N) is 2. The van der Waals surface area contributed by atoms with Gasteiger partial charge in [-0.25, -0.2) is 13.4 Å². The van der Waals surface area contributed by atoms with E-state index in [0.717, 1.165) is 4.88 Å². The second kappa shape index (κ2) is 9.53. The molecule has 0 atom stereocenters. The number of hydrogen-bond acceptors (Lipinski definition) is 7. The third-order valence-electron chi connectivity index (χ3n) is 4.03. The monoisotopic (exact) mass is 451 g/mol. The van der Waals surface area contributed by atoms with Gasteiger partial charge in [-0.2, -0.15) is 4.31 Å². The molecule has 3 rings (SSSR count). The Labute approximate surface area is 177 Å². The first-order chi connectivity index (χ1) is 13.9. The number of amides is 1. The van der Waals surface area contributed by atoms with Crippen molar-refractivity contribution < 1.29 is 13.2 Å². The molecule has 2 aromatic heterocycles. The van der Waals surface area contributed by atoms with Crippen LogP contribution in [0.3, 0.4) is 0 Å². The molecule has 0 aliphatic rings. The molecule has 0 aliphatic heterocycles. The van der Waals surface area contributed by atoms with Crippen molar-refractivity contribution in [3.05, 3.63) is 41.8 Å². The molecule has 0 saturated heterocycles. The maximum Gasteiger partial charge on any atom is 0.243 e. The Hall–Kier alpha value is -2.21. The SMILES string of the molecule is CCN(CC)S(=O)(=O)c1ccc(NC(=O)CSc2n[nH]c(-c3cccs3)n2)cc1. The smallest absolute Gasteiger partial charge is 0.243 e. The van der Waals surface area contributed by atoms with Crippen LogP contribution in [0.5, 0.6) is 0 Å². The molecule has 29 heavy (non-hydrogen) atoms. The first kappa shape index (κ1) is 21.5. The number of aromatic amines is 1. The summed E-state index contributed by atoms with van der Waals surface area (Å²) in [7, 11) is -3.51. The molecule has 154 valence electrons. The minimum atomic E-state index is -3.51. The topological polar surface area (TPSA) is 108 Å². The zero-order valence-electron chi connectivity index (χ0n) is 16.0. The van der Waals surface area contributed by atoms with Crippen LogP contribution in [-0.2, 0) is 14.8 Å². The van der Waals surface area contributed by atoms with E-state index in [-0.39, 0.29) is 16.6 Å². The van der Waals surface area contributed by atoms with Crippen molar-refractivity contribution in [2.75, 3.05) is 24.2 Å². The predicted octanol–water partition coefficient (Wildman–Crippen LogP) is 3.29. The van der Waals surface area contributed by atoms with E-state index in [1.54, 1.807) is 37.3 Å². The minimum absolute atomic E-state index is 0.140. The van der Waals surface area contributed by atoms with Crippen molar-refractivity contribution in [1.82, 2.24) is 19.5 Å². The molecule has 0 aliphatic carbocycles. The van der Waals surface area contributed by atoms with Gasteiger partial charge >= 0.3 is 0 Å². The maximum atomic E-state index is 12.5. The van der Waals surface area contributed by atoms with Crippen molar-refractivity contribution in [2.45, 2.75) is 23.9 Å². The average Bonchev–Trinajstić information content (AvgIpc) is 3.39. The van der Waals surface area contributed by atoms with Gasteiger partial charge in [0, 0.05) is 18.8 Å². The highest BCUT2D eigenvalue weighted by Gasteiger charge is 2.21. The molecule has 11 heteroatoms. The van der Waals surface area contributed by atoms with Crippen LogP contribution in [0.25, 0.3) is 10.7 Å². The molecule has 1 amide bonds. The van der Waals surface area contributed by atoms with Crippen LogP contribution in [0.2, 0.25) is 0 Å². The summed E-state index contributed by atoms with van der Waals surface area (Å²) in [6, 6.07) is 10.0. The zero-order valence-corrected chi connectivity index (χ0v) is 18.4. The number of nitrogens with zero attached hydrogens (tertiary/aromatic N) is 3. The summed E-state index contributed by atoms with van der Waals surface area (Å²) in [5.41, 5.74) is 0.531. The summed E-state index contributed by atoms with van der Waals surface area (Å²) >= 11 is 2.77. The van der Waals surface area contributed by atoms with Crippen molar-refractivity contribution >= 4 is 44.7 Å². The fourth-order valence-corrected chi connectivity index (χ4v) is 5.30. The van der Waals surface area contributed by atoms with E-state index in [1.165, 1.54) is 28.2 Å². The lowest BCUT2D eigenvalue weighted by molar-refractivity contribution is -0.113. The molecule has 2 heterocycles. The van der Waals surface area contributed by atoms with Crippen LogP contribution in [0, 0.1) is 0 Å². The number of sulfonamides is 1. The van der Waals surface area contributed by atoms with Crippen LogP contribution in [0.15, 0.2) is 51.8 Å². The van der Waals surface area contributed by atoms with Gasteiger partial charge in [0.2, 0.25) is 21.1 Å². The number of aromatic nitrogens is 3. The van der Waals surface area contributed by atoms with Gasteiger partial charge in [0.05, 0.1) is 15.5 Å². The van der Waals surface area contributed by atoms with Gasteiger partial charge in [0.1, 0.15) is 0 Å². The number of carbonyl (C=O) groups is 1. The molecule has 0 radical (unpaired) electrons. The summed E-state index contributed by atoms with van der Waals surface area (Å²) in [5, 5.41) is 12.2. The van der Waals surface area contributed by atoms with Gasteiger partial charge in [0.15, 0.2) is 5.82 Å². The fourth-order valence-electron chi connectivity index (χ4n) is 2.58. The van der Waals surface area contributed by atoms with Gasteiger partial charge in [-0.3, -0.25) is 9.89 Å². The average molecular weight is 452 g/mol. The van der Waals surface area contributed by atoms with Gasteiger partial charge in [-0.15, -0.1) is 16.4 Å². The quantitative estimate of drug-likeness (QED) is 0.483. The van der Waals surface area contributed by atoms with Crippen LogP contribution in [0.1, 0.15) is 13.8 Å². The number of thioether (sulfide) groups is 1. The second-order valence-corrected chi connectivity index (χ2v) is 9.72. The highest BCUT2D eigenvalue weighted by molar-refractivity contribution is 7.99. The summed E-state index contributed by atoms with van der Waals surface area (Å²) in [5.74, 6) is 0.589. The Kier molecular flexibility index (Phi) is 7.06. The molecule has 3 aromatic rings. The largest absolute Gasteiger partial charge is 0.325 e. The maximum absolute atomic E-state index is 12.5. The van der Waals surface area contributed by atoms with Crippen molar-refractivity contribution in [1.29, 1.82) is 0 Å². The summed E-state index contributed by atoms with van der Waals surface area (Å²) in [6.45, 7) is 4.41. The van der Waals surface area contributed by atoms with Gasteiger partial charge < -0.3 is 5.32 Å². The lowest BCUT2D eigenvalue weighted by atomic mass is 10.3. The van der Waals surface area contributed by atoms with Crippen LogP contribution in [0.4, 0.5) is 5.69 Å². The molecular formula is C18H21N5O3S3. The lowest BCUT2D eigenvalue weighted by Gasteiger charge is -2.18. The molecule has 2 N–H and O–H groups in total. The summed E-state index contributed by atoms with van der Waals surface area (Å²) < 4.78 is 26.4. The van der Waals surface area contributed by atoms with Crippen LogP contribution < -0.4 is 5.32 Å². The van der Waals surface area contributed by atoms with E-state index in [1.807, 2.05) is 17.5 Å². The number of anilines is 1. The number of carbonyl (C=O) groups excluding carboxylic acids is 1. The number of benzene rings is 1. The summed E-state index contributed by atoms with van der Waals surface area (Å²) in [4.78, 5) is 17.7. The van der Waals surface area contributed by atoms with Crippen LogP contribution in [-0.4, -0.2) is 52.7 Å². The van der Waals surface area contributed by atoms with E-state index < -0.39 is 10.0 Å². The number of H-pyrrole nitrogens is 1. The number of hydrogen-bond donors (Lipinski definition) is 2. The minimum Gasteiger partial charge on any atom is -0.325 e. The predicted molar refractivity (Wildman–Crippen MR) is 116 cm³/mol. The third-order valence-corrected chi connectivity index (χ3v) is 7.82. The van der Waals surface area contributed by atoms with E-state index in [9.17, 15) is 13.2 Å². The van der Waals surface area contributed by atoms with Gasteiger partial charge in [-0.05, 0) is 35.7 Å². The van der Waals surface area contributed by atoms with Crippen molar-refractivity contribution in [2.24, 2.45) is 0 Å². The number of thiophene rings is 1. The van der Waals surface area contributed by atoms with Crippen molar-refractivity contribution in [3.8, 4) is 10.7 Å². The first-order valence-electron chi connectivity index (χ1n) is 8.93. The van der Waals surface area contributed by atoms with E-state index in [2.05, 4.69) is 20.5 Å². The second-order valence-electron chi connectivity index (χ2n) is 5.89. The Balaban J connectivity index is 1.56. The van der Waals surface area contributed by atoms with E-state index in [0.29, 0.717) is 29.8 Å². The zero-order chi connectivity index (χ0) is 20.9. The molecule has 0 saturated carbocycles. The lowest BCUT2D eigenvalue weighted by Crippen LogP contribution is -2.30. The number of rotatable bonds is 9. The first-order valence-corrected chi connectivity index (χ1v) is 12.2.